The largest absolute Gasteiger partial charge is 0.338 e. The summed E-state index contributed by atoms with van der Waals surface area (Å²) in [6, 6.07) is 4.54. The Hall–Kier alpha value is -2.46. The van der Waals surface area contributed by atoms with Crippen molar-refractivity contribution >= 4 is 23.4 Å². The summed E-state index contributed by atoms with van der Waals surface area (Å²) in [5.74, 6) is -0.208. The number of aromatic nitrogens is 3. The molecule has 0 radical (unpaired) electrons. The number of hydrogen-bond donors (Lipinski definition) is 1. The van der Waals surface area contributed by atoms with Gasteiger partial charge in [-0.2, -0.15) is 0 Å². The van der Waals surface area contributed by atoms with E-state index in [-0.39, 0.29) is 17.0 Å². The van der Waals surface area contributed by atoms with Crippen molar-refractivity contribution in [3.8, 4) is 0 Å². The van der Waals surface area contributed by atoms with Crippen LogP contribution in [0.15, 0.2) is 34.6 Å². The van der Waals surface area contributed by atoms with Gasteiger partial charge in [-0.05, 0) is 42.3 Å². The fourth-order valence-corrected chi connectivity index (χ4v) is 3.74. The Morgan fingerprint density at radius 3 is 2.85 bits per heavy atom. The molecule has 0 saturated carbocycles. The fraction of sp³-hybridized carbons (Fsp3) is 0.438. The number of nitro benzene ring substituents is 1. The summed E-state index contributed by atoms with van der Waals surface area (Å²) >= 11 is 1.14. The highest BCUT2D eigenvalue weighted by molar-refractivity contribution is 7.99. The van der Waals surface area contributed by atoms with Crippen LogP contribution in [0.3, 0.4) is 0 Å². The van der Waals surface area contributed by atoms with Gasteiger partial charge in [0.15, 0.2) is 5.16 Å². The zero-order valence-electron chi connectivity index (χ0n) is 14.6. The second kappa shape index (κ2) is 7.04. The van der Waals surface area contributed by atoms with Gasteiger partial charge >= 0.3 is 0 Å². The number of nitrogens with two attached hydrogens (primary N) is 1. The maximum absolute atomic E-state index is 12.7. The molecule has 26 heavy (non-hydrogen) atoms. The number of carbonyl (C=O) groups is 1. The van der Waals surface area contributed by atoms with E-state index in [1.54, 1.807) is 28.6 Å². The Labute approximate surface area is 154 Å². The summed E-state index contributed by atoms with van der Waals surface area (Å²) < 4.78 is 1.67. The fourth-order valence-electron chi connectivity index (χ4n) is 2.89. The summed E-state index contributed by atoms with van der Waals surface area (Å²) in [6.07, 6.45) is 2.35. The van der Waals surface area contributed by atoms with Gasteiger partial charge in [-0.3, -0.25) is 14.9 Å². The molecule has 2 N–H and O–H groups in total. The first-order valence-electron chi connectivity index (χ1n) is 8.12. The zero-order chi connectivity index (χ0) is 18.9. The van der Waals surface area contributed by atoms with E-state index in [1.807, 2.05) is 6.92 Å². The van der Waals surface area contributed by atoms with Gasteiger partial charge in [0.05, 0.1) is 9.82 Å². The van der Waals surface area contributed by atoms with Crippen molar-refractivity contribution in [2.75, 3.05) is 19.6 Å². The normalized spacial score (nSPS) is 19.7. The summed E-state index contributed by atoms with van der Waals surface area (Å²) in [5.41, 5.74) is 5.88. The monoisotopic (exact) mass is 376 g/mol. The first kappa shape index (κ1) is 18.3. The molecule has 138 valence electrons. The van der Waals surface area contributed by atoms with Gasteiger partial charge in [0.25, 0.3) is 11.6 Å². The summed E-state index contributed by atoms with van der Waals surface area (Å²) in [4.78, 5) is 25.9. The lowest BCUT2D eigenvalue weighted by molar-refractivity contribution is -0.387. The quantitative estimate of drug-likeness (QED) is 0.622. The molecule has 0 bridgehead atoms. The van der Waals surface area contributed by atoms with Crippen LogP contribution in [0.25, 0.3) is 0 Å². The van der Waals surface area contributed by atoms with E-state index in [9.17, 15) is 14.9 Å². The maximum atomic E-state index is 12.7. The standard InChI is InChI=1S/C16H20N6O3S/c1-16(8-17)5-6-21(9-16)14(23)11-3-4-13(12(7-11)22(24)25)26-15-19-18-10-20(15)2/h3-4,7,10H,5-6,8-9,17H2,1-2H3. The molecule has 2 heterocycles. The highest BCUT2D eigenvalue weighted by Gasteiger charge is 2.35. The molecule has 1 saturated heterocycles. The molecule has 1 aromatic heterocycles. The molecule has 1 atom stereocenters. The number of amides is 1. The van der Waals surface area contributed by atoms with Crippen molar-refractivity contribution < 1.29 is 9.72 Å². The lowest BCUT2D eigenvalue weighted by atomic mass is 9.90. The van der Waals surface area contributed by atoms with Crippen LogP contribution >= 0.6 is 11.8 Å². The Morgan fingerprint density at radius 2 is 2.27 bits per heavy atom. The third kappa shape index (κ3) is 3.56. The topological polar surface area (TPSA) is 120 Å². The second-order valence-corrected chi connectivity index (χ2v) is 7.77. The van der Waals surface area contributed by atoms with Crippen molar-refractivity contribution in [2.45, 2.75) is 23.4 Å². The van der Waals surface area contributed by atoms with E-state index < -0.39 is 4.92 Å². The van der Waals surface area contributed by atoms with Crippen LogP contribution in [0.4, 0.5) is 5.69 Å². The van der Waals surface area contributed by atoms with Gasteiger partial charge in [0.2, 0.25) is 0 Å². The van der Waals surface area contributed by atoms with E-state index in [4.69, 9.17) is 5.73 Å². The van der Waals surface area contributed by atoms with Gasteiger partial charge in [0.1, 0.15) is 6.33 Å². The SMILES string of the molecule is Cn1cnnc1Sc1ccc(C(=O)N2CCC(C)(CN)C2)cc1[N+](=O)[O-]. The van der Waals surface area contributed by atoms with Crippen molar-refractivity contribution in [2.24, 2.45) is 18.2 Å². The highest BCUT2D eigenvalue weighted by Crippen LogP contribution is 2.35. The molecule has 3 rings (SSSR count). The van der Waals surface area contributed by atoms with Gasteiger partial charge in [-0.1, -0.05) is 6.92 Å². The number of benzene rings is 1. The van der Waals surface area contributed by atoms with Crippen molar-refractivity contribution in [1.29, 1.82) is 0 Å². The van der Waals surface area contributed by atoms with Crippen LogP contribution in [0, 0.1) is 15.5 Å². The van der Waals surface area contributed by atoms with Crippen LogP contribution in [-0.4, -0.2) is 50.1 Å². The summed E-state index contributed by atoms with van der Waals surface area (Å²) in [6.45, 7) is 3.72. The lowest BCUT2D eigenvalue weighted by Crippen LogP contribution is -2.34. The zero-order valence-corrected chi connectivity index (χ0v) is 15.4. The molecule has 0 aliphatic carbocycles. The third-order valence-electron chi connectivity index (χ3n) is 4.61. The molecule has 9 nitrogen and oxygen atoms in total. The van der Waals surface area contributed by atoms with Crippen molar-refractivity contribution in [1.82, 2.24) is 19.7 Å². The number of aryl methyl sites for hydroxylation is 1. The van der Waals surface area contributed by atoms with E-state index in [0.717, 1.165) is 18.2 Å². The van der Waals surface area contributed by atoms with Crippen LogP contribution in [0.1, 0.15) is 23.7 Å². The molecule has 1 aliphatic heterocycles. The van der Waals surface area contributed by atoms with Crippen LogP contribution < -0.4 is 5.73 Å². The van der Waals surface area contributed by atoms with Crippen molar-refractivity contribution in [3.63, 3.8) is 0 Å². The molecule has 1 amide bonds. The Kier molecular flexibility index (Phi) is 4.97. The predicted molar refractivity (Wildman–Crippen MR) is 95.9 cm³/mol. The highest BCUT2D eigenvalue weighted by atomic mass is 32.2. The third-order valence-corrected chi connectivity index (χ3v) is 5.73. The Bertz CT molecular complexity index is 854. The van der Waals surface area contributed by atoms with E-state index in [0.29, 0.717) is 35.2 Å². The van der Waals surface area contributed by atoms with E-state index in [2.05, 4.69) is 10.2 Å². The number of rotatable bonds is 5. The van der Waals surface area contributed by atoms with Gasteiger partial charge in [-0.25, -0.2) is 0 Å². The molecule has 2 aromatic rings. The number of nitro groups is 1. The van der Waals surface area contributed by atoms with Crippen LogP contribution in [0.5, 0.6) is 0 Å². The minimum Gasteiger partial charge on any atom is -0.338 e. The lowest BCUT2D eigenvalue weighted by Gasteiger charge is -2.22. The number of nitrogens with zero attached hydrogens (tertiary/aromatic N) is 5. The van der Waals surface area contributed by atoms with Crippen molar-refractivity contribution in [3.05, 3.63) is 40.2 Å². The first-order valence-corrected chi connectivity index (χ1v) is 8.94. The molecule has 1 aliphatic rings. The van der Waals surface area contributed by atoms with Crippen LogP contribution in [-0.2, 0) is 7.05 Å². The second-order valence-electron chi connectivity index (χ2n) is 6.76. The predicted octanol–water partition coefficient (Wildman–Crippen LogP) is 1.69. The summed E-state index contributed by atoms with van der Waals surface area (Å²) in [5, 5.41) is 19.7. The number of carbonyl (C=O) groups excluding carboxylic acids is 1. The molecule has 10 heteroatoms. The molecule has 1 aromatic carbocycles. The van der Waals surface area contributed by atoms with Gasteiger partial charge in [-0.15, -0.1) is 10.2 Å². The Morgan fingerprint density at radius 1 is 1.50 bits per heavy atom. The van der Waals surface area contributed by atoms with Gasteiger partial charge in [0, 0.05) is 31.8 Å². The van der Waals surface area contributed by atoms with Gasteiger partial charge < -0.3 is 15.2 Å². The average molecular weight is 376 g/mol. The molecular weight excluding hydrogens is 356 g/mol. The van der Waals surface area contributed by atoms with E-state index >= 15 is 0 Å². The minimum absolute atomic E-state index is 0.0947. The molecule has 0 spiro atoms. The first-order chi connectivity index (χ1) is 12.3. The molecular formula is C16H20N6O3S. The average Bonchev–Trinajstić information content (AvgIpc) is 3.21. The molecule has 1 fully saturated rings. The Balaban J connectivity index is 1.86. The summed E-state index contributed by atoms with van der Waals surface area (Å²) in [7, 11) is 1.76. The number of hydrogen-bond acceptors (Lipinski definition) is 7. The smallest absolute Gasteiger partial charge is 0.284 e. The maximum Gasteiger partial charge on any atom is 0.284 e. The van der Waals surface area contributed by atoms with E-state index in [1.165, 1.54) is 12.4 Å². The number of likely N-dealkylation sites (tertiary alicyclic amines) is 1. The minimum atomic E-state index is -0.483. The molecule has 1 unspecified atom stereocenters. The van der Waals surface area contributed by atoms with Crippen LogP contribution in [0.2, 0.25) is 0 Å².